The zero-order valence-electron chi connectivity index (χ0n) is 17.2. The van der Waals surface area contributed by atoms with E-state index < -0.39 is 34.5 Å². The van der Waals surface area contributed by atoms with Gasteiger partial charge in [0.1, 0.15) is 6.04 Å². The number of rotatable bonds is 8. The molecule has 3 aromatic carbocycles. The van der Waals surface area contributed by atoms with Crippen LogP contribution in [0.5, 0.6) is 0 Å². The molecule has 0 saturated carbocycles. The summed E-state index contributed by atoms with van der Waals surface area (Å²) in [6.07, 6.45) is 0. The van der Waals surface area contributed by atoms with E-state index in [0.29, 0.717) is 5.69 Å². The lowest BCUT2D eigenvalue weighted by Gasteiger charge is -2.20. The van der Waals surface area contributed by atoms with Crippen molar-refractivity contribution in [1.29, 1.82) is 0 Å². The minimum atomic E-state index is -3.91. The molecule has 1 amide bonds. The molecule has 3 rings (SSSR count). The highest BCUT2D eigenvalue weighted by Crippen LogP contribution is 2.19. The van der Waals surface area contributed by atoms with Crippen LogP contribution in [0.1, 0.15) is 13.8 Å². The fraction of sp³-hybridized carbons (Fsp3) is 0.217. The van der Waals surface area contributed by atoms with E-state index in [1.807, 2.05) is 36.4 Å². The van der Waals surface area contributed by atoms with Crippen molar-refractivity contribution in [2.45, 2.75) is 24.8 Å². The predicted molar refractivity (Wildman–Crippen MR) is 119 cm³/mol. The van der Waals surface area contributed by atoms with E-state index in [0.717, 1.165) is 10.8 Å². The first kappa shape index (κ1) is 22.5. The van der Waals surface area contributed by atoms with E-state index >= 15 is 0 Å². The van der Waals surface area contributed by atoms with Gasteiger partial charge in [-0.2, -0.15) is 4.72 Å². The van der Waals surface area contributed by atoms with Gasteiger partial charge in [-0.25, -0.2) is 8.42 Å². The minimum Gasteiger partial charge on any atom is -0.454 e. The Morgan fingerprint density at radius 2 is 1.55 bits per heavy atom. The molecule has 8 heteroatoms. The number of fused-ring (bicyclic) bond motifs is 1. The number of ether oxygens (including phenoxy) is 1. The monoisotopic (exact) mass is 440 g/mol. The standard InChI is InChI=1S/C23H24N2O5S/c1-16(2)22(25-31(28,29)20-10-4-3-5-11-20)23(27)30-15-21(26)24-19-13-12-17-8-6-7-9-18(17)14-19/h3-14,16,22,25H,15H2,1-2H3,(H,24,26)/t22-/m0/s1. The lowest BCUT2D eigenvalue weighted by atomic mass is 10.1. The van der Waals surface area contributed by atoms with Gasteiger partial charge in [0, 0.05) is 5.69 Å². The number of hydrogen-bond acceptors (Lipinski definition) is 5. The summed E-state index contributed by atoms with van der Waals surface area (Å²) >= 11 is 0. The Morgan fingerprint density at radius 3 is 2.23 bits per heavy atom. The molecular weight excluding hydrogens is 416 g/mol. The molecule has 0 spiro atoms. The fourth-order valence-corrected chi connectivity index (χ4v) is 4.34. The van der Waals surface area contributed by atoms with Crippen molar-refractivity contribution in [2.75, 3.05) is 11.9 Å². The number of amides is 1. The fourth-order valence-electron chi connectivity index (χ4n) is 2.98. The molecule has 0 aliphatic carbocycles. The van der Waals surface area contributed by atoms with Gasteiger partial charge in [-0.15, -0.1) is 0 Å². The van der Waals surface area contributed by atoms with Crippen molar-refractivity contribution < 1.29 is 22.7 Å². The lowest BCUT2D eigenvalue weighted by Crippen LogP contribution is -2.45. The third kappa shape index (κ3) is 5.90. The molecule has 0 aliphatic heterocycles. The first-order chi connectivity index (χ1) is 14.8. The second kappa shape index (κ2) is 9.72. The molecule has 1 atom stereocenters. The summed E-state index contributed by atoms with van der Waals surface area (Å²) in [5.41, 5.74) is 0.574. The normalized spacial score (nSPS) is 12.5. The summed E-state index contributed by atoms with van der Waals surface area (Å²) in [6.45, 7) is 2.85. The molecule has 0 fully saturated rings. The summed E-state index contributed by atoms with van der Waals surface area (Å²) in [6, 6.07) is 19.8. The van der Waals surface area contributed by atoms with E-state index in [1.54, 1.807) is 38.1 Å². The molecule has 3 aromatic rings. The van der Waals surface area contributed by atoms with E-state index in [4.69, 9.17) is 4.74 Å². The van der Waals surface area contributed by atoms with Crippen LogP contribution in [0.25, 0.3) is 10.8 Å². The van der Waals surface area contributed by atoms with Crippen LogP contribution in [-0.4, -0.2) is 32.9 Å². The quantitative estimate of drug-likeness (QED) is 0.523. The molecule has 0 radical (unpaired) electrons. The van der Waals surface area contributed by atoms with Gasteiger partial charge in [-0.1, -0.05) is 62.4 Å². The van der Waals surface area contributed by atoms with Gasteiger partial charge in [0.15, 0.2) is 6.61 Å². The Bertz CT molecular complexity index is 1180. The van der Waals surface area contributed by atoms with Crippen molar-refractivity contribution in [1.82, 2.24) is 4.72 Å². The zero-order valence-corrected chi connectivity index (χ0v) is 18.1. The molecule has 0 unspecified atom stereocenters. The topological polar surface area (TPSA) is 102 Å². The van der Waals surface area contributed by atoms with Gasteiger partial charge in [-0.05, 0) is 41.0 Å². The number of sulfonamides is 1. The average Bonchev–Trinajstić information content (AvgIpc) is 2.76. The first-order valence-electron chi connectivity index (χ1n) is 9.79. The molecule has 7 nitrogen and oxygen atoms in total. The van der Waals surface area contributed by atoms with Gasteiger partial charge in [0.25, 0.3) is 5.91 Å². The molecular formula is C23H24N2O5S. The van der Waals surface area contributed by atoms with Gasteiger partial charge >= 0.3 is 5.97 Å². The van der Waals surface area contributed by atoms with Gasteiger partial charge in [-0.3, -0.25) is 9.59 Å². The maximum Gasteiger partial charge on any atom is 0.324 e. The Balaban J connectivity index is 1.60. The average molecular weight is 441 g/mol. The number of benzene rings is 3. The Kier molecular flexibility index (Phi) is 7.04. The third-order valence-corrected chi connectivity index (χ3v) is 6.09. The smallest absolute Gasteiger partial charge is 0.324 e. The second-order valence-electron chi connectivity index (χ2n) is 7.37. The SMILES string of the molecule is CC(C)[C@H](NS(=O)(=O)c1ccccc1)C(=O)OCC(=O)Nc1ccc2ccccc2c1. The number of hydrogen-bond donors (Lipinski definition) is 2. The highest BCUT2D eigenvalue weighted by Gasteiger charge is 2.30. The van der Waals surface area contributed by atoms with Crippen LogP contribution in [0.3, 0.4) is 0 Å². The molecule has 0 aromatic heterocycles. The molecule has 0 aliphatic rings. The van der Waals surface area contributed by atoms with Crippen molar-refractivity contribution in [2.24, 2.45) is 5.92 Å². The maximum absolute atomic E-state index is 12.5. The Morgan fingerprint density at radius 1 is 0.903 bits per heavy atom. The summed E-state index contributed by atoms with van der Waals surface area (Å²) in [5.74, 6) is -1.71. The molecule has 31 heavy (non-hydrogen) atoms. The first-order valence-corrected chi connectivity index (χ1v) is 11.3. The van der Waals surface area contributed by atoms with E-state index in [2.05, 4.69) is 10.0 Å². The number of carbonyl (C=O) groups is 2. The van der Waals surface area contributed by atoms with Crippen LogP contribution in [-0.2, 0) is 24.3 Å². The molecule has 2 N–H and O–H groups in total. The largest absolute Gasteiger partial charge is 0.454 e. The third-order valence-electron chi connectivity index (χ3n) is 4.63. The van der Waals surface area contributed by atoms with Crippen molar-refractivity contribution in [3.63, 3.8) is 0 Å². The van der Waals surface area contributed by atoms with Gasteiger partial charge < -0.3 is 10.1 Å². The highest BCUT2D eigenvalue weighted by atomic mass is 32.2. The highest BCUT2D eigenvalue weighted by molar-refractivity contribution is 7.89. The lowest BCUT2D eigenvalue weighted by molar-refractivity contribution is -0.150. The van der Waals surface area contributed by atoms with E-state index in [-0.39, 0.29) is 10.8 Å². The summed E-state index contributed by atoms with van der Waals surface area (Å²) in [7, 11) is -3.91. The molecule has 0 saturated heterocycles. The van der Waals surface area contributed by atoms with E-state index in [1.165, 1.54) is 12.1 Å². The summed E-state index contributed by atoms with van der Waals surface area (Å²) < 4.78 is 32.5. The van der Waals surface area contributed by atoms with Crippen LogP contribution >= 0.6 is 0 Å². The van der Waals surface area contributed by atoms with Crippen LogP contribution in [0.15, 0.2) is 77.7 Å². The van der Waals surface area contributed by atoms with Crippen molar-refractivity contribution >= 4 is 38.4 Å². The summed E-state index contributed by atoms with van der Waals surface area (Å²) in [5, 5.41) is 4.68. The number of anilines is 1. The van der Waals surface area contributed by atoms with Crippen LogP contribution in [0.2, 0.25) is 0 Å². The predicted octanol–water partition coefficient (Wildman–Crippen LogP) is 3.32. The Labute approximate surface area is 181 Å². The van der Waals surface area contributed by atoms with Crippen molar-refractivity contribution in [3.8, 4) is 0 Å². The van der Waals surface area contributed by atoms with Crippen LogP contribution in [0, 0.1) is 5.92 Å². The molecule has 0 bridgehead atoms. The van der Waals surface area contributed by atoms with Gasteiger partial charge in [0.05, 0.1) is 4.90 Å². The molecule has 0 heterocycles. The molecule has 162 valence electrons. The maximum atomic E-state index is 12.5. The second-order valence-corrected chi connectivity index (χ2v) is 9.09. The summed E-state index contributed by atoms with van der Waals surface area (Å²) in [4.78, 5) is 24.8. The number of carbonyl (C=O) groups excluding carboxylic acids is 2. The Hall–Kier alpha value is -3.23. The van der Waals surface area contributed by atoms with Crippen molar-refractivity contribution in [3.05, 3.63) is 72.8 Å². The number of esters is 1. The van der Waals surface area contributed by atoms with Crippen LogP contribution in [0.4, 0.5) is 5.69 Å². The van der Waals surface area contributed by atoms with E-state index in [9.17, 15) is 18.0 Å². The zero-order chi connectivity index (χ0) is 22.4. The minimum absolute atomic E-state index is 0.0440. The number of nitrogens with one attached hydrogen (secondary N) is 2. The van der Waals surface area contributed by atoms with Crippen LogP contribution < -0.4 is 10.0 Å². The van der Waals surface area contributed by atoms with Gasteiger partial charge in [0.2, 0.25) is 10.0 Å².